The Balaban J connectivity index is 2.22. The highest BCUT2D eigenvalue weighted by Gasteiger charge is 2.24. The Morgan fingerprint density at radius 3 is 2.50 bits per heavy atom. The summed E-state index contributed by atoms with van der Waals surface area (Å²) in [4.78, 5) is 24.4. The Morgan fingerprint density at radius 2 is 1.83 bits per heavy atom. The number of carbonyl (C=O) groups is 2. The van der Waals surface area contributed by atoms with Gasteiger partial charge < -0.3 is 14.8 Å². The number of nitrogens with one attached hydrogen (secondary N) is 1. The number of hydrogen-bond acceptors (Lipinski definition) is 4. The number of allylic oxidation sites excluding steroid dienone is 1. The maximum Gasteiger partial charge on any atom is 0.331 e. The van der Waals surface area contributed by atoms with E-state index in [0.717, 1.165) is 0 Å². The number of esters is 1. The third-order valence-electron chi connectivity index (χ3n) is 3.21. The number of hydrogen-bond donors (Lipinski definition) is 1. The summed E-state index contributed by atoms with van der Waals surface area (Å²) in [6, 6.07) is 15.8. The van der Waals surface area contributed by atoms with Gasteiger partial charge in [-0.25, -0.2) is 4.79 Å². The van der Waals surface area contributed by atoms with E-state index in [1.807, 2.05) is 6.07 Å². The van der Waals surface area contributed by atoms with Gasteiger partial charge in [-0.15, -0.1) is 0 Å². The summed E-state index contributed by atoms with van der Waals surface area (Å²) in [5, 5.41) is 2.74. The molecule has 124 valence electrons. The zero-order chi connectivity index (χ0) is 17.4. The topological polar surface area (TPSA) is 64.6 Å². The first-order valence-corrected chi connectivity index (χ1v) is 7.47. The average Bonchev–Trinajstić information content (AvgIpc) is 2.60. The summed E-state index contributed by atoms with van der Waals surface area (Å²) >= 11 is 0. The van der Waals surface area contributed by atoms with Crippen LogP contribution in [0.5, 0.6) is 5.75 Å². The van der Waals surface area contributed by atoms with Gasteiger partial charge in [0.15, 0.2) is 0 Å². The second-order valence-electron chi connectivity index (χ2n) is 4.95. The van der Waals surface area contributed by atoms with E-state index in [1.165, 1.54) is 6.08 Å². The third kappa shape index (κ3) is 4.71. The number of carbonyl (C=O) groups excluding carboxylic acids is 2. The van der Waals surface area contributed by atoms with Gasteiger partial charge in [0.25, 0.3) is 5.91 Å². The lowest BCUT2D eigenvalue weighted by Gasteiger charge is -2.17. The normalized spacial score (nSPS) is 11.8. The maximum atomic E-state index is 12.6. The Hall–Kier alpha value is -3.08. The van der Waals surface area contributed by atoms with E-state index in [0.29, 0.717) is 17.0 Å². The summed E-state index contributed by atoms with van der Waals surface area (Å²) < 4.78 is 10.4. The monoisotopic (exact) mass is 325 g/mol. The van der Waals surface area contributed by atoms with E-state index in [1.54, 1.807) is 68.6 Å². The summed E-state index contributed by atoms with van der Waals surface area (Å²) in [5.41, 5.74) is 1.15. The zero-order valence-corrected chi connectivity index (χ0v) is 13.6. The summed E-state index contributed by atoms with van der Waals surface area (Å²) in [6.45, 7) is 1.70. The van der Waals surface area contributed by atoms with Crippen molar-refractivity contribution >= 4 is 17.6 Å². The summed E-state index contributed by atoms with van der Waals surface area (Å²) in [6.07, 6.45) is 1.79. The molecule has 2 aromatic carbocycles. The van der Waals surface area contributed by atoms with E-state index in [2.05, 4.69) is 5.32 Å². The zero-order valence-electron chi connectivity index (χ0n) is 13.6. The standard InChI is InChI=1S/C19H19NO4/c1-3-8-17(21)24-18(14-9-5-4-6-10-14)19(22)20-15-11-7-12-16(13-15)23-2/h3-13,18H,1-2H3,(H,20,22)/b8-3+/t18-/m1/s1. The van der Waals surface area contributed by atoms with E-state index < -0.39 is 18.0 Å². The second kappa shape index (κ2) is 8.53. The van der Waals surface area contributed by atoms with Gasteiger partial charge in [-0.1, -0.05) is 42.5 Å². The van der Waals surface area contributed by atoms with Crippen molar-refractivity contribution in [2.75, 3.05) is 12.4 Å². The van der Waals surface area contributed by atoms with E-state index >= 15 is 0 Å². The number of rotatable bonds is 6. The molecule has 0 unspecified atom stereocenters. The van der Waals surface area contributed by atoms with Crippen molar-refractivity contribution in [1.82, 2.24) is 0 Å². The molecule has 0 spiro atoms. The molecule has 0 aliphatic rings. The largest absolute Gasteiger partial charge is 0.497 e. The number of anilines is 1. The van der Waals surface area contributed by atoms with Crippen LogP contribution in [0.25, 0.3) is 0 Å². The molecule has 1 atom stereocenters. The number of methoxy groups -OCH3 is 1. The number of benzene rings is 2. The molecule has 0 fully saturated rings. The van der Waals surface area contributed by atoms with Gasteiger partial charge in [0.1, 0.15) is 5.75 Å². The Labute approximate surface area is 140 Å². The molecule has 0 aliphatic carbocycles. The van der Waals surface area contributed by atoms with Crippen molar-refractivity contribution in [3.05, 3.63) is 72.3 Å². The van der Waals surface area contributed by atoms with Crippen LogP contribution in [-0.4, -0.2) is 19.0 Å². The molecule has 0 saturated heterocycles. The van der Waals surface area contributed by atoms with Gasteiger partial charge in [-0.3, -0.25) is 4.79 Å². The smallest absolute Gasteiger partial charge is 0.331 e. The SMILES string of the molecule is C/C=C/C(=O)O[C@@H](C(=O)Nc1cccc(OC)c1)c1ccccc1. The highest BCUT2D eigenvalue weighted by Crippen LogP contribution is 2.22. The van der Waals surface area contributed by atoms with Crippen molar-refractivity contribution in [2.45, 2.75) is 13.0 Å². The van der Waals surface area contributed by atoms with Crippen LogP contribution in [0.1, 0.15) is 18.6 Å². The quantitative estimate of drug-likeness (QED) is 0.652. The van der Waals surface area contributed by atoms with Crippen molar-refractivity contribution in [1.29, 1.82) is 0 Å². The van der Waals surface area contributed by atoms with Gasteiger partial charge >= 0.3 is 5.97 Å². The average molecular weight is 325 g/mol. The van der Waals surface area contributed by atoms with Gasteiger partial charge in [-0.2, -0.15) is 0 Å². The molecule has 0 bridgehead atoms. The minimum absolute atomic E-state index is 0.438. The van der Waals surface area contributed by atoms with Crippen molar-refractivity contribution in [3.8, 4) is 5.75 Å². The van der Waals surface area contributed by atoms with Crippen molar-refractivity contribution in [3.63, 3.8) is 0 Å². The van der Waals surface area contributed by atoms with Gasteiger partial charge in [0.2, 0.25) is 6.10 Å². The third-order valence-corrected chi connectivity index (χ3v) is 3.21. The minimum atomic E-state index is -1.04. The lowest BCUT2D eigenvalue weighted by atomic mass is 10.1. The van der Waals surface area contributed by atoms with E-state index in [-0.39, 0.29) is 0 Å². The highest BCUT2D eigenvalue weighted by molar-refractivity contribution is 5.97. The fourth-order valence-electron chi connectivity index (χ4n) is 2.10. The van der Waals surface area contributed by atoms with Crippen LogP contribution in [-0.2, 0) is 14.3 Å². The van der Waals surface area contributed by atoms with Crippen LogP contribution in [0.3, 0.4) is 0 Å². The molecule has 0 heterocycles. The number of ether oxygens (including phenoxy) is 2. The van der Waals surface area contributed by atoms with Crippen LogP contribution in [0.15, 0.2) is 66.7 Å². The molecule has 2 aromatic rings. The molecule has 0 aliphatic heterocycles. The first-order valence-electron chi connectivity index (χ1n) is 7.47. The lowest BCUT2D eigenvalue weighted by molar-refractivity contribution is -0.149. The van der Waals surface area contributed by atoms with Gasteiger partial charge in [0, 0.05) is 23.4 Å². The molecule has 0 radical (unpaired) electrons. The molecule has 5 nitrogen and oxygen atoms in total. The fraction of sp³-hybridized carbons (Fsp3) is 0.158. The predicted octanol–water partition coefficient (Wildman–Crippen LogP) is 3.49. The van der Waals surface area contributed by atoms with E-state index in [4.69, 9.17) is 9.47 Å². The predicted molar refractivity (Wildman–Crippen MR) is 91.7 cm³/mol. The molecule has 0 saturated carbocycles. The maximum absolute atomic E-state index is 12.6. The minimum Gasteiger partial charge on any atom is -0.497 e. The highest BCUT2D eigenvalue weighted by atomic mass is 16.5. The first-order chi connectivity index (χ1) is 11.6. The molecule has 5 heteroatoms. The van der Waals surface area contributed by atoms with Crippen molar-refractivity contribution in [2.24, 2.45) is 0 Å². The van der Waals surface area contributed by atoms with Gasteiger partial charge in [-0.05, 0) is 19.1 Å². The Morgan fingerprint density at radius 1 is 1.08 bits per heavy atom. The fourth-order valence-corrected chi connectivity index (χ4v) is 2.10. The molecule has 1 amide bonds. The molecular formula is C19H19NO4. The van der Waals surface area contributed by atoms with Crippen LogP contribution < -0.4 is 10.1 Å². The van der Waals surface area contributed by atoms with Crippen LogP contribution >= 0.6 is 0 Å². The lowest BCUT2D eigenvalue weighted by Crippen LogP contribution is -2.25. The van der Waals surface area contributed by atoms with Crippen molar-refractivity contribution < 1.29 is 19.1 Å². The molecule has 0 aromatic heterocycles. The Kier molecular flexibility index (Phi) is 6.14. The van der Waals surface area contributed by atoms with Crippen LogP contribution in [0.4, 0.5) is 5.69 Å². The summed E-state index contributed by atoms with van der Waals surface area (Å²) in [5.74, 6) is -0.394. The molecule has 1 N–H and O–H groups in total. The van der Waals surface area contributed by atoms with E-state index in [9.17, 15) is 9.59 Å². The van der Waals surface area contributed by atoms with Crippen LogP contribution in [0.2, 0.25) is 0 Å². The van der Waals surface area contributed by atoms with Gasteiger partial charge in [0.05, 0.1) is 7.11 Å². The molecule has 2 rings (SSSR count). The number of amides is 1. The second-order valence-corrected chi connectivity index (χ2v) is 4.95. The first kappa shape index (κ1) is 17.3. The Bertz CT molecular complexity index is 725. The molecular weight excluding hydrogens is 306 g/mol. The summed E-state index contributed by atoms with van der Waals surface area (Å²) in [7, 11) is 1.55. The van der Waals surface area contributed by atoms with Crippen LogP contribution in [0, 0.1) is 0 Å². The molecule has 24 heavy (non-hydrogen) atoms.